The number of hydrogen-bond donors (Lipinski definition) is 1. The minimum absolute atomic E-state index is 0.123. The summed E-state index contributed by atoms with van der Waals surface area (Å²) in [5.74, 6) is 1.74. The van der Waals surface area contributed by atoms with E-state index in [-0.39, 0.29) is 11.8 Å². The molecule has 10 heteroatoms. The Morgan fingerprint density at radius 1 is 1.06 bits per heavy atom. The van der Waals surface area contributed by atoms with E-state index in [9.17, 15) is 9.59 Å². The van der Waals surface area contributed by atoms with Crippen LogP contribution in [-0.4, -0.2) is 63.8 Å². The van der Waals surface area contributed by atoms with Crippen LogP contribution in [0.25, 0.3) is 0 Å². The number of carbonyl (C=O) groups excluding carboxylic acids is 2. The van der Waals surface area contributed by atoms with Crippen molar-refractivity contribution in [2.45, 2.75) is 12.7 Å². The normalized spacial score (nSPS) is 13.8. The maximum Gasteiger partial charge on any atom is 0.286 e. The van der Waals surface area contributed by atoms with Gasteiger partial charge in [-0.1, -0.05) is 35.6 Å². The maximum atomic E-state index is 12.6. The summed E-state index contributed by atoms with van der Waals surface area (Å²) in [5, 5.41) is 12.0. The monoisotopic (exact) mass is 468 g/mol. The van der Waals surface area contributed by atoms with Gasteiger partial charge in [0, 0.05) is 43.8 Å². The number of aromatic nitrogens is 3. The second-order valence-corrected chi connectivity index (χ2v) is 9.37. The number of para-hydroxylation sites is 1. The van der Waals surface area contributed by atoms with Crippen molar-refractivity contribution in [2.24, 2.45) is 0 Å². The highest BCUT2D eigenvalue weighted by atomic mass is 32.2. The van der Waals surface area contributed by atoms with E-state index in [1.807, 2.05) is 54.3 Å². The molecule has 0 atom stereocenters. The number of thioether (sulfide) groups is 1. The van der Waals surface area contributed by atoms with E-state index in [2.05, 4.69) is 25.4 Å². The maximum absolute atomic E-state index is 12.6. The molecule has 0 saturated carbocycles. The number of carbonyl (C=O) groups is 2. The van der Waals surface area contributed by atoms with Crippen LogP contribution in [0.15, 0.2) is 48.7 Å². The first kappa shape index (κ1) is 22.2. The Bertz CT molecular complexity index is 1070. The van der Waals surface area contributed by atoms with Gasteiger partial charge in [0.1, 0.15) is 10.8 Å². The van der Waals surface area contributed by atoms with Crippen molar-refractivity contribution in [1.82, 2.24) is 20.1 Å². The summed E-state index contributed by atoms with van der Waals surface area (Å²) in [4.78, 5) is 33.4. The van der Waals surface area contributed by atoms with E-state index in [1.54, 1.807) is 6.20 Å². The molecule has 0 radical (unpaired) electrons. The Labute approximate surface area is 195 Å². The molecule has 1 saturated heterocycles. The van der Waals surface area contributed by atoms with Crippen LogP contribution in [0.5, 0.6) is 0 Å². The van der Waals surface area contributed by atoms with Crippen molar-refractivity contribution in [2.75, 3.05) is 42.1 Å². The number of piperazine rings is 1. The van der Waals surface area contributed by atoms with Crippen LogP contribution in [0.4, 0.5) is 11.5 Å². The highest BCUT2D eigenvalue weighted by Crippen LogP contribution is 2.20. The molecule has 1 N–H and O–H groups in total. The molecule has 1 fully saturated rings. The summed E-state index contributed by atoms with van der Waals surface area (Å²) < 4.78 is 0. The zero-order valence-electron chi connectivity index (χ0n) is 17.7. The fourth-order valence-corrected chi connectivity index (χ4v) is 5.04. The summed E-state index contributed by atoms with van der Waals surface area (Å²) in [5.41, 5.74) is 1.75. The molecule has 2 aromatic heterocycles. The van der Waals surface area contributed by atoms with E-state index >= 15 is 0 Å². The Balaban J connectivity index is 1.20. The van der Waals surface area contributed by atoms with E-state index in [4.69, 9.17) is 0 Å². The van der Waals surface area contributed by atoms with Gasteiger partial charge in [0.15, 0.2) is 0 Å². The topological polar surface area (TPSA) is 91.3 Å². The average Bonchev–Trinajstić information content (AvgIpc) is 3.30. The molecule has 1 aliphatic rings. The van der Waals surface area contributed by atoms with Crippen LogP contribution >= 0.6 is 23.1 Å². The highest BCUT2D eigenvalue weighted by Gasteiger charge is 2.22. The van der Waals surface area contributed by atoms with Gasteiger partial charge in [-0.3, -0.25) is 9.59 Å². The fraction of sp³-hybridized carbons (Fsp3) is 0.318. The molecule has 0 bridgehead atoms. The largest absolute Gasteiger partial charge is 0.353 e. The summed E-state index contributed by atoms with van der Waals surface area (Å²) in [6.07, 6.45) is 1.79. The first-order valence-electron chi connectivity index (χ1n) is 10.3. The Morgan fingerprint density at radius 3 is 2.59 bits per heavy atom. The molecule has 32 heavy (non-hydrogen) atoms. The lowest BCUT2D eigenvalue weighted by Gasteiger charge is -2.35. The predicted molar refractivity (Wildman–Crippen MR) is 128 cm³/mol. The molecular formula is C22H24N6O2S2. The van der Waals surface area contributed by atoms with Crippen molar-refractivity contribution in [3.63, 3.8) is 0 Å². The number of pyridine rings is 1. The lowest BCUT2D eigenvalue weighted by molar-refractivity contribution is -0.128. The number of rotatable bonds is 7. The number of nitrogens with one attached hydrogen (secondary N) is 1. The zero-order chi connectivity index (χ0) is 22.3. The zero-order valence-corrected chi connectivity index (χ0v) is 19.4. The Kier molecular flexibility index (Phi) is 7.33. The molecule has 0 spiro atoms. The third-order valence-electron chi connectivity index (χ3n) is 5.11. The molecule has 4 rings (SSSR count). The SMILES string of the molecule is Cc1ccccc1NC(=O)c1nnc(CSCC(=O)N2CCN(c3ccccn3)CC2)s1. The summed E-state index contributed by atoms with van der Waals surface area (Å²) in [7, 11) is 0. The van der Waals surface area contributed by atoms with Gasteiger partial charge in [-0.25, -0.2) is 4.98 Å². The summed E-state index contributed by atoms with van der Waals surface area (Å²) in [6.45, 7) is 4.88. The molecular weight excluding hydrogens is 444 g/mol. The third kappa shape index (κ3) is 5.63. The van der Waals surface area contributed by atoms with Gasteiger partial charge in [-0.2, -0.15) is 0 Å². The molecule has 2 amide bonds. The second kappa shape index (κ2) is 10.6. The standard InChI is InChI=1S/C22H24N6O2S2/c1-16-6-2-3-7-17(16)24-21(30)22-26-25-19(32-22)14-31-15-20(29)28-12-10-27(11-13-28)18-8-4-5-9-23-18/h2-9H,10-15H2,1H3,(H,24,30). The lowest BCUT2D eigenvalue weighted by atomic mass is 10.2. The molecule has 0 unspecified atom stereocenters. The van der Waals surface area contributed by atoms with Crippen LogP contribution in [0.3, 0.4) is 0 Å². The first-order chi connectivity index (χ1) is 15.6. The Hall–Kier alpha value is -2.98. The van der Waals surface area contributed by atoms with Crippen LogP contribution in [0.1, 0.15) is 20.4 Å². The molecule has 166 valence electrons. The van der Waals surface area contributed by atoms with Crippen molar-refractivity contribution < 1.29 is 9.59 Å². The minimum Gasteiger partial charge on any atom is -0.353 e. The number of nitrogens with zero attached hydrogens (tertiary/aromatic N) is 5. The van der Waals surface area contributed by atoms with Gasteiger partial charge in [-0.15, -0.1) is 22.0 Å². The van der Waals surface area contributed by atoms with E-state index < -0.39 is 0 Å². The summed E-state index contributed by atoms with van der Waals surface area (Å²) in [6, 6.07) is 13.5. The predicted octanol–water partition coefficient (Wildman–Crippen LogP) is 3.08. The van der Waals surface area contributed by atoms with Crippen LogP contribution in [0, 0.1) is 6.92 Å². The van der Waals surface area contributed by atoms with Gasteiger partial charge in [0.05, 0.1) is 5.75 Å². The number of amides is 2. The second-order valence-electron chi connectivity index (χ2n) is 7.32. The van der Waals surface area contributed by atoms with Gasteiger partial charge < -0.3 is 15.1 Å². The number of hydrogen-bond acceptors (Lipinski definition) is 8. The van der Waals surface area contributed by atoms with Crippen LogP contribution < -0.4 is 10.2 Å². The quantitative estimate of drug-likeness (QED) is 0.570. The molecule has 1 aliphatic heterocycles. The number of anilines is 2. The van der Waals surface area contributed by atoms with Crippen LogP contribution in [0.2, 0.25) is 0 Å². The highest BCUT2D eigenvalue weighted by molar-refractivity contribution is 7.99. The average molecular weight is 469 g/mol. The van der Waals surface area contributed by atoms with E-state index in [1.165, 1.54) is 23.1 Å². The lowest BCUT2D eigenvalue weighted by Crippen LogP contribution is -2.49. The van der Waals surface area contributed by atoms with Gasteiger partial charge in [0.25, 0.3) is 5.91 Å². The molecule has 3 aromatic rings. The summed E-state index contributed by atoms with van der Waals surface area (Å²) >= 11 is 2.75. The smallest absolute Gasteiger partial charge is 0.286 e. The number of aryl methyl sites for hydroxylation is 1. The van der Waals surface area contributed by atoms with Crippen molar-refractivity contribution >= 4 is 46.4 Å². The fourth-order valence-electron chi connectivity index (χ4n) is 3.34. The number of benzene rings is 1. The first-order valence-corrected chi connectivity index (χ1v) is 12.3. The van der Waals surface area contributed by atoms with Crippen molar-refractivity contribution in [3.8, 4) is 0 Å². The molecule has 8 nitrogen and oxygen atoms in total. The van der Waals surface area contributed by atoms with E-state index in [0.29, 0.717) is 29.6 Å². The van der Waals surface area contributed by atoms with Gasteiger partial charge in [-0.05, 0) is 30.7 Å². The van der Waals surface area contributed by atoms with Gasteiger partial charge >= 0.3 is 0 Å². The van der Waals surface area contributed by atoms with Crippen LogP contribution in [-0.2, 0) is 10.5 Å². The minimum atomic E-state index is -0.269. The molecule has 1 aromatic carbocycles. The molecule has 3 heterocycles. The van der Waals surface area contributed by atoms with Crippen molar-refractivity contribution in [1.29, 1.82) is 0 Å². The molecule has 0 aliphatic carbocycles. The van der Waals surface area contributed by atoms with Crippen molar-refractivity contribution in [3.05, 3.63) is 64.2 Å². The Morgan fingerprint density at radius 2 is 1.84 bits per heavy atom. The van der Waals surface area contributed by atoms with Gasteiger partial charge in [0.2, 0.25) is 10.9 Å². The van der Waals surface area contributed by atoms with E-state index in [0.717, 1.165) is 35.2 Å². The third-order valence-corrected chi connectivity index (χ3v) is 7.14.